The van der Waals surface area contributed by atoms with Gasteiger partial charge in [-0.05, 0) is 30.7 Å². The van der Waals surface area contributed by atoms with Crippen LogP contribution in [0.15, 0.2) is 29.2 Å². The molecule has 0 spiro atoms. The third kappa shape index (κ3) is 4.59. The van der Waals surface area contributed by atoms with Gasteiger partial charge in [0.25, 0.3) is 5.91 Å². The van der Waals surface area contributed by atoms with Crippen LogP contribution in [0.25, 0.3) is 0 Å². The molecule has 0 aliphatic carbocycles. The summed E-state index contributed by atoms with van der Waals surface area (Å²) < 4.78 is 31.3. The van der Waals surface area contributed by atoms with E-state index >= 15 is 0 Å². The van der Waals surface area contributed by atoms with E-state index in [0.29, 0.717) is 25.1 Å². The Kier molecular flexibility index (Phi) is 6.12. The fourth-order valence-corrected chi connectivity index (χ4v) is 2.62. The van der Waals surface area contributed by atoms with E-state index < -0.39 is 10.0 Å². The smallest absolute Gasteiger partial charge is 0.253 e. The van der Waals surface area contributed by atoms with Crippen molar-refractivity contribution in [2.75, 3.05) is 34.4 Å². The first-order valence-electron chi connectivity index (χ1n) is 6.19. The van der Waals surface area contributed by atoms with Crippen molar-refractivity contribution in [2.24, 2.45) is 0 Å². The average molecular weight is 300 g/mol. The van der Waals surface area contributed by atoms with Gasteiger partial charge < -0.3 is 9.64 Å². The standard InChI is InChI=1S/C13H20N2O4S/c1-15(2)13(16)11-5-7-12(8-6-11)20(17,18)14-9-4-10-19-3/h5-8,14H,4,9-10H2,1-3H3. The van der Waals surface area contributed by atoms with Crippen molar-refractivity contribution in [1.29, 1.82) is 0 Å². The van der Waals surface area contributed by atoms with Gasteiger partial charge in [-0.25, -0.2) is 13.1 Å². The highest BCUT2D eigenvalue weighted by Gasteiger charge is 2.14. The Morgan fingerprint density at radius 3 is 2.35 bits per heavy atom. The number of carbonyl (C=O) groups is 1. The Hall–Kier alpha value is -1.44. The number of ether oxygens (including phenoxy) is 1. The molecule has 1 aromatic carbocycles. The number of hydrogen-bond donors (Lipinski definition) is 1. The van der Waals surface area contributed by atoms with Crippen LogP contribution in [0.1, 0.15) is 16.8 Å². The van der Waals surface area contributed by atoms with Gasteiger partial charge in [0.05, 0.1) is 4.90 Å². The number of nitrogens with one attached hydrogen (secondary N) is 1. The maximum absolute atomic E-state index is 12.0. The van der Waals surface area contributed by atoms with E-state index in [0.717, 1.165) is 0 Å². The average Bonchev–Trinajstić information content (AvgIpc) is 2.43. The minimum atomic E-state index is -3.53. The monoisotopic (exact) mass is 300 g/mol. The lowest BCUT2D eigenvalue weighted by Gasteiger charge is -2.11. The minimum Gasteiger partial charge on any atom is -0.385 e. The summed E-state index contributed by atoms with van der Waals surface area (Å²) in [5.41, 5.74) is 0.452. The predicted molar refractivity (Wildman–Crippen MR) is 76.1 cm³/mol. The molecule has 0 unspecified atom stereocenters. The molecule has 0 aromatic heterocycles. The topological polar surface area (TPSA) is 75.7 Å². The Morgan fingerprint density at radius 1 is 1.25 bits per heavy atom. The summed E-state index contributed by atoms with van der Waals surface area (Å²) in [6.07, 6.45) is 0.604. The summed E-state index contributed by atoms with van der Waals surface area (Å²) in [7, 11) is 1.32. The van der Waals surface area contributed by atoms with E-state index in [1.165, 1.54) is 29.2 Å². The lowest BCUT2D eigenvalue weighted by atomic mass is 10.2. The number of amides is 1. The second kappa shape index (κ2) is 7.37. The van der Waals surface area contributed by atoms with E-state index in [9.17, 15) is 13.2 Å². The van der Waals surface area contributed by atoms with Crippen molar-refractivity contribution in [3.63, 3.8) is 0 Å². The van der Waals surface area contributed by atoms with Crippen molar-refractivity contribution in [2.45, 2.75) is 11.3 Å². The Morgan fingerprint density at radius 2 is 1.85 bits per heavy atom. The van der Waals surface area contributed by atoms with Gasteiger partial charge in [-0.1, -0.05) is 0 Å². The van der Waals surface area contributed by atoms with Crippen molar-refractivity contribution >= 4 is 15.9 Å². The highest BCUT2D eigenvalue weighted by molar-refractivity contribution is 7.89. The van der Waals surface area contributed by atoms with Gasteiger partial charge in [0.1, 0.15) is 0 Å². The number of rotatable bonds is 7. The van der Waals surface area contributed by atoms with E-state index in [1.807, 2.05) is 0 Å². The number of methoxy groups -OCH3 is 1. The molecule has 0 bridgehead atoms. The largest absolute Gasteiger partial charge is 0.385 e. The highest BCUT2D eigenvalue weighted by atomic mass is 32.2. The van der Waals surface area contributed by atoms with Crippen molar-refractivity contribution in [1.82, 2.24) is 9.62 Å². The molecule has 1 amide bonds. The quantitative estimate of drug-likeness (QED) is 0.752. The van der Waals surface area contributed by atoms with Crippen molar-refractivity contribution in [3.05, 3.63) is 29.8 Å². The van der Waals surface area contributed by atoms with Crippen LogP contribution in [-0.4, -0.2) is 53.6 Å². The van der Waals surface area contributed by atoms with Crippen LogP contribution >= 0.6 is 0 Å². The van der Waals surface area contributed by atoms with Gasteiger partial charge in [0.2, 0.25) is 10.0 Å². The van der Waals surface area contributed by atoms with E-state index in [-0.39, 0.29) is 10.8 Å². The Labute approximate surface area is 119 Å². The summed E-state index contributed by atoms with van der Waals surface area (Å²) in [4.78, 5) is 13.3. The molecule has 7 heteroatoms. The predicted octanol–water partition coefficient (Wildman–Crippen LogP) is 0.703. The van der Waals surface area contributed by atoms with E-state index in [2.05, 4.69) is 4.72 Å². The zero-order valence-electron chi connectivity index (χ0n) is 11.9. The van der Waals surface area contributed by atoms with Gasteiger partial charge in [0, 0.05) is 39.9 Å². The lowest BCUT2D eigenvalue weighted by molar-refractivity contribution is 0.0827. The minimum absolute atomic E-state index is 0.144. The molecule has 0 atom stereocenters. The normalized spacial score (nSPS) is 11.3. The summed E-state index contributed by atoms with van der Waals surface area (Å²) in [6, 6.07) is 5.86. The molecule has 0 heterocycles. The summed E-state index contributed by atoms with van der Waals surface area (Å²) >= 11 is 0. The van der Waals surface area contributed by atoms with Gasteiger partial charge >= 0.3 is 0 Å². The maximum atomic E-state index is 12.0. The molecule has 0 aliphatic heterocycles. The molecule has 112 valence electrons. The number of carbonyl (C=O) groups excluding carboxylic acids is 1. The van der Waals surface area contributed by atoms with Crippen LogP contribution in [0.3, 0.4) is 0 Å². The van der Waals surface area contributed by atoms with Crippen LogP contribution in [0.5, 0.6) is 0 Å². The third-order valence-electron chi connectivity index (χ3n) is 2.64. The van der Waals surface area contributed by atoms with Crippen LogP contribution in [0, 0.1) is 0 Å². The van der Waals surface area contributed by atoms with Crippen LogP contribution < -0.4 is 4.72 Å². The van der Waals surface area contributed by atoms with Crippen LogP contribution in [0.4, 0.5) is 0 Å². The number of nitrogens with zero attached hydrogens (tertiary/aromatic N) is 1. The number of sulfonamides is 1. The van der Waals surface area contributed by atoms with Gasteiger partial charge in [-0.3, -0.25) is 4.79 Å². The maximum Gasteiger partial charge on any atom is 0.253 e. The molecule has 1 N–H and O–H groups in total. The first kappa shape index (κ1) is 16.6. The van der Waals surface area contributed by atoms with Crippen LogP contribution in [0.2, 0.25) is 0 Å². The molecule has 0 fully saturated rings. The molecule has 6 nitrogen and oxygen atoms in total. The summed E-state index contributed by atoms with van der Waals surface area (Å²) in [5, 5.41) is 0. The second-order valence-electron chi connectivity index (χ2n) is 4.47. The molecule has 0 saturated heterocycles. The molecule has 1 rings (SSSR count). The molecule has 20 heavy (non-hydrogen) atoms. The fourth-order valence-electron chi connectivity index (χ4n) is 1.54. The molecule has 0 saturated carbocycles. The number of benzene rings is 1. The van der Waals surface area contributed by atoms with Gasteiger partial charge in [-0.2, -0.15) is 0 Å². The van der Waals surface area contributed by atoms with Gasteiger partial charge in [-0.15, -0.1) is 0 Å². The van der Waals surface area contributed by atoms with E-state index in [4.69, 9.17) is 4.74 Å². The fraction of sp³-hybridized carbons (Fsp3) is 0.462. The second-order valence-corrected chi connectivity index (χ2v) is 6.24. The summed E-state index contributed by atoms with van der Waals surface area (Å²) in [5.74, 6) is -0.165. The van der Waals surface area contributed by atoms with Crippen molar-refractivity contribution in [3.8, 4) is 0 Å². The molecular weight excluding hydrogens is 280 g/mol. The Bertz CT molecular complexity index is 538. The molecule has 0 aliphatic rings. The molecule has 0 radical (unpaired) electrons. The zero-order chi connectivity index (χ0) is 15.2. The lowest BCUT2D eigenvalue weighted by Crippen LogP contribution is -2.26. The number of hydrogen-bond acceptors (Lipinski definition) is 4. The summed E-state index contributed by atoms with van der Waals surface area (Å²) in [6.45, 7) is 0.813. The first-order chi connectivity index (χ1) is 9.38. The van der Waals surface area contributed by atoms with E-state index in [1.54, 1.807) is 21.2 Å². The Balaban J connectivity index is 2.74. The van der Waals surface area contributed by atoms with Gasteiger partial charge in [0.15, 0.2) is 0 Å². The molecule has 1 aromatic rings. The first-order valence-corrected chi connectivity index (χ1v) is 7.67. The SMILES string of the molecule is COCCCNS(=O)(=O)c1ccc(C(=O)N(C)C)cc1. The highest BCUT2D eigenvalue weighted by Crippen LogP contribution is 2.11. The molecular formula is C13H20N2O4S. The van der Waals surface area contributed by atoms with Crippen LogP contribution in [-0.2, 0) is 14.8 Å². The zero-order valence-corrected chi connectivity index (χ0v) is 12.7. The third-order valence-corrected chi connectivity index (χ3v) is 4.11. The van der Waals surface area contributed by atoms with Crippen molar-refractivity contribution < 1.29 is 17.9 Å².